The van der Waals surface area contributed by atoms with Gasteiger partial charge in [-0.05, 0) is 48.9 Å². The lowest BCUT2D eigenvalue weighted by Crippen LogP contribution is -2.29. The van der Waals surface area contributed by atoms with E-state index >= 15 is 0 Å². The van der Waals surface area contributed by atoms with Crippen LogP contribution in [0.1, 0.15) is 59.8 Å². The molecule has 0 spiro atoms. The maximum Gasteiger partial charge on any atom is 0.162 e. The molecule has 2 saturated carbocycles. The van der Waals surface area contributed by atoms with E-state index in [1.54, 1.807) is 0 Å². The van der Waals surface area contributed by atoms with Crippen LogP contribution in [0.2, 0.25) is 0 Å². The first kappa shape index (κ1) is 14.0. The molecule has 2 nitrogen and oxygen atoms in total. The van der Waals surface area contributed by atoms with Crippen LogP contribution in [0.15, 0.2) is 0 Å². The van der Waals surface area contributed by atoms with E-state index in [-0.39, 0.29) is 11.5 Å². The molecule has 0 bridgehead atoms. The molecule has 0 aromatic rings. The molecule has 0 aromatic carbocycles. The second-order valence-electron chi connectivity index (χ2n) is 7.68. The van der Waals surface area contributed by atoms with Crippen LogP contribution >= 0.6 is 0 Å². The number of ketones is 1. The fraction of sp³-hybridized carbons (Fsp3) is 0.938. The summed E-state index contributed by atoms with van der Waals surface area (Å²) < 4.78 is 5.92. The second kappa shape index (κ2) is 5.32. The van der Waals surface area contributed by atoms with Gasteiger partial charge in [0.25, 0.3) is 0 Å². The van der Waals surface area contributed by atoms with Gasteiger partial charge in [-0.2, -0.15) is 0 Å². The summed E-state index contributed by atoms with van der Waals surface area (Å²) in [7, 11) is 0. The van der Waals surface area contributed by atoms with Gasteiger partial charge >= 0.3 is 0 Å². The standard InChI is InChI=1S/C16H28O2/c1-11-7-13(11)8-15(18-10-12-5-6-12)14(17)9-16(2,3)4/h11-13,15H,5-10H2,1-4H3. The predicted octanol–water partition coefficient (Wildman–Crippen LogP) is 3.83. The summed E-state index contributed by atoms with van der Waals surface area (Å²) in [5.74, 6) is 2.60. The van der Waals surface area contributed by atoms with Gasteiger partial charge in [-0.25, -0.2) is 0 Å². The zero-order chi connectivity index (χ0) is 13.3. The van der Waals surface area contributed by atoms with Crippen LogP contribution in [0, 0.1) is 23.2 Å². The van der Waals surface area contributed by atoms with Crippen molar-refractivity contribution >= 4 is 5.78 Å². The Labute approximate surface area is 111 Å². The van der Waals surface area contributed by atoms with Crippen LogP contribution in [-0.4, -0.2) is 18.5 Å². The van der Waals surface area contributed by atoms with Crippen molar-refractivity contribution in [3.8, 4) is 0 Å². The van der Waals surface area contributed by atoms with E-state index in [2.05, 4.69) is 27.7 Å². The second-order valence-corrected chi connectivity index (χ2v) is 7.68. The molecular weight excluding hydrogens is 224 g/mol. The molecule has 3 atom stereocenters. The molecule has 0 heterocycles. The van der Waals surface area contributed by atoms with E-state index in [1.807, 2.05) is 0 Å². The highest BCUT2D eigenvalue weighted by molar-refractivity contribution is 5.83. The molecule has 2 aliphatic rings. The van der Waals surface area contributed by atoms with Crippen molar-refractivity contribution in [3.05, 3.63) is 0 Å². The Morgan fingerprint density at radius 2 is 1.94 bits per heavy atom. The summed E-state index contributed by atoms with van der Waals surface area (Å²) in [6, 6.07) is 0. The molecule has 2 fully saturated rings. The molecular formula is C16H28O2. The minimum absolute atomic E-state index is 0.0768. The van der Waals surface area contributed by atoms with Crippen molar-refractivity contribution in [1.29, 1.82) is 0 Å². The summed E-state index contributed by atoms with van der Waals surface area (Å²) in [5, 5.41) is 0. The number of Topliss-reactive ketones (excluding diaryl/α,β-unsaturated/α-hetero) is 1. The third kappa shape index (κ3) is 4.72. The summed E-state index contributed by atoms with van der Waals surface area (Å²) in [5.41, 5.74) is 0.0768. The molecule has 18 heavy (non-hydrogen) atoms. The molecule has 2 aliphatic carbocycles. The van der Waals surface area contributed by atoms with Gasteiger partial charge < -0.3 is 4.74 Å². The SMILES string of the molecule is CC1CC1CC(OCC1CC1)C(=O)CC(C)(C)C. The van der Waals surface area contributed by atoms with Crippen molar-refractivity contribution in [2.45, 2.75) is 65.9 Å². The first-order chi connectivity index (χ1) is 8.35. The molecule has 0 N–H and O–H groups in total. The molecule has 0 radical (unpaired) electrons. The van der Waals surface area contributed by atoms with Crippen LogP contribution in [0.25, 0.3) is 0 Å². The first-order valence-corrected chi connectivity index (χ1v) is 7.49. The van der Waals surface area contributed by atoms with Crippen molar-refractivity contribution in [2.75, 3.05) is 6.61 Å². The lowest BCUT2D eigenvalue weighted by atomic mass is 9.87. The Morgan fingerprint density at radius 3 is 2.39 bits per heavy atom. The molecule has 2 rings (SSSR count). The Kier molecular flexibility index (Phi) is 4.15. The van der Waals surface area contributed by atoms with Crippen molar-refractivity contribution in [2.24, 2.45) is 23.2 Å². The van der Waals surface area contributed by atoms with Crippen LogP contribution in [0.4, 0.5) is 0 Å². The highest BCUT2D eigenvalue weighted by Crippen LogP contribution is 2.42. The van der Waals surface area contributed by atoms with Gasteiger partial charge in [0.15, 0.2) is 5.78 Å². The minimum Gasteiger partial charge on any atom is -0.370 e. The Morgan fingerprint density at radius 1 is 1.33 bits per heavy atom. The van der Waals surface area contributed by atoms with Crippen LogP contribution in [0.3, 0.4) is 0 Å². The fourth-order valence-electron chi connectivity index (χ4n) is 2.47. The average molecular weight is 252 g/mol. The predicted molar refractivity (Wildman–Crippen MR) is 73.4 cm³/mol. The number of rotatable bonds is 7. The maximum absolute atomic E-state index is 12.3. The van der Waals surface area contributed by atoms with Gasteiger partial charge in [-0.3, -0.25) is 4.79 Å². The smallest absolute Gasteiger partial charge is 0.162 e. The van der Waals surface area contributed by atoms with Crippen molar-refractivity contribution in [1.82, 2.24) is 0 Å². The number of hydrogen-bond donors (Lipinski definition) is 0. The van der Waals surface area contributed by atoms with Crippen LogP contribution in [-0.2, 0) is 9.53 Å². The number of hydrogen-bond acceptors (Lipinski definition) is 2. The zero-order valence-electron chi connectivity index (χ0n) is 12.4. The van der Waals surface area contributed by atoms with E-state index < -0.39 is 0 Å². The largest absolute Gasteiger partial charge is 0.370 e. The Balaban J connectivity index is 1.82. The van der Waals surface area contributed by atoms with Crippen LogP contribution in [0.5, 0.6) is 0 Å². The average Bonchev–Trinajstić information content (AvgIpc) is 3.09. The summed E-state index contributed by atoms with van der Waals surface area (Å²) in [6.07, 6.45) is 5.35. The van der Waals surface area contributed by atoms with Gasteiger partial charge in [0.05, 0.1) is 6.61 Å². The maximum atomic E-state index is 12.3. The normalized spacial score (nSPS) is 29.1. The van der Waals surface area contributed by atoms with Crippen LogP contribution < -0.4 is 0 Å². The molecule has 104 valence electrons. The quantitative estimate of drug-likeness (QED) is 0.688. The van der Waals surface area contributed by atoms with Crippen molar-refractivity contribution < 1.29 is 9.53 Å². The van der Waals surface area contributed by atoms with Gasteiger partial charge in [-0.15, -0.1) is 0 Å². The number of carbonyl (C=O) groups is 1. The van der Waals surface area contributed by atoms with Gasteiger partial charge in [-0.1, -0.05) is 27.7 Å². The summed E-state index contributed by atoms with van der Waals surface area (Å²) >= 11 is 0. The third-order valence-electron chi connectivity index (χ3n) is 4.09. The van der Waals surface area contributed by atoms with E-state index in [9.17, 15) is 4.79 Å². The third-order valence-corrected chi connectivity index (χ3v) is 4.09. The zero-order valence-corrected chi connectivity index (χ0v) is 12.4. The highest BCUT2D eigenvalue weighted by Gasteiger charge is 2.38. The summed E-state index contributed by atoms with van der Waals surface area (Å²) in [6.45, 7) is 9.46. The van der Waals surface area contributed by atoms with E-state index in [0.29, 0.717) is 12.2 Å². The molecule has 0 aromatic heterocycles. The van der Waals surface area contributed by atoms with E-state index in [1.165, 1.54) is 19.3 Å². The lowest BCUT2D eigenvalue weighted by molar-refractivity contribution is -0.133. The number of ether oxygens (including phenoxy) is 1. The van der Waals surface area contributed by atoms with Gasteiger partial charge in [0.2, 0.25) is 0 Å². The molecule has 2 heteroatoms. The van der Waals surface area contributed by atoms with E-state index in [4.69, 9.17) is 4.74 Å². The topological polar surface area (TPSA) is 26.3 Å². The van der Waals surface area contributed by atoms with Gasteiger partial charge in [0, 0.05) is 6.42 Å². The lowest BCUT2D eigenvalue weighted by Gasteiger charge is -2.22. The Hall–Kier alpha value is -0.370. The van der Waals surface area contributed by atoms with Crippen molar-refractivity contribution in [3.63, 3.8) is 0 Å². The Bertz CT molecular complexity index is 299. The minimum atomic E-state index is -0.125. The molecule has 0 saturated heterocycles. The molecule has 0 aliphatic heterocycles. The monoisotopic (exact) mass is 252 g/mol. The van der Waals surface area contributed by atoms with Gasteiger partial charge in [0.1, 0.15) is 6.10 Å². The number of carbonyl (C=O) groups excluding carboxylic acids is 1. The first-order valence-electron chi connectivity index (χ1n) is 7.49. The molecule has 0 amide bonds. The summed E-state index contributed by atoms with van der Waals surface area (Å²) in [4.78, 5) is 12.3. The highest BCUT2D eigenvalue weighted by atomic mass is 16.5. The van der Waals surface area contributed by atoms with E-state index in [0.717, 1.165) is 30.8 Å². The molecule has 3 unspecified atom stereocenters. The fourth-order valence-corrected chi connectivity index (χ4v) is 2.47.